The monoisotopic (exact) mass is 574 g/mol. The number of hydrogen-bond acceptors (Lipinski definition) is 6. The lowest BCUT2D eigenvalue weighted by molar-refractivity contribution is -0.137. The average Bonchev–Trinajstić information content (AvgIpc) is 3.44. The first-order valence-electron chi connectivity index (χ1n) is 14.3. The normalized spacial score (nSPS) is 25.6. The number of aliphatic hydroxyl groups is 1. The Morgan fingerprint density at radius 3 is 2.39 bits per heavy atom. The van der Waals surface area contributed by atoms with Gasteiger partial charge in [-0.15, -0.1) is 0 Å². The topological polar surface area (TPSA) is 94.1 Å². The largest absolute Gasteiger partial charge is 0.416 e. The Kier molecular flexibility index (Phi) is 8.86. The van der Waals surface area contributed by atoms with E-state index in [1.807, 2.05) is 12.1 Å². The number of amides is 2. The number of alkyl halides is 3. The molecular formula is C30H37F3N4O4. The Labute approximate surface area is 237 Å². The van der Waals surface area contributed by atoms with Gasteiger partial charge in [0.25, 0.3) is 5.91 Å². The summed E-state index contributed by atoms with van der Waals surface area (Å²) in [4.78, 5) is 29.4. The molecule has 0 aromatic heterocycles. The highest BCUT2D eigenvalue weighted by Gasteiger charge is 2.38. The predicted octanol–water partition coefficient (Wildman–Crippen LogP) is 3.29. The van der Waals surface area contributed by atoms with E-state index in [4.69, 9.17) is 4.74 Å². The van der Waals surface area contributed by atoms with Crippen molar-refractivity contribution in [1.82, 2.24) is 15.5 Å². The van der Waals surface area contributed by atoms with Crippen LogP contribution in [-0.2, 0) is 21.3 Å². The van der Waals surface area contributed by atoms with E-state index in [0.717, 1.165) is 75.5 Å². The van der Waals surface area contributed by atoms with Crippen LogP contribution >= 0.6 is 0 Å². The van der Waals surface area contributed by atoms with Gasteiger partial charge in [0.2, 0.25) is 5.91 Å². The number of ether oxygens (including phenoxy) is 1. The maximum absolute atomic E-state index is 12.9. The van der Waals surface area contributed by atoms with E-state index >= 15 is 0 Å². The van der Waals surface area contributed by atoms with E-state index in [-0.39, 0.29) is 24.1 Å². The van der Waals surface area contributed by atoms with Gasteiger partial charge in [-0.3, -0.25) is 14.5 Å². The number of carbonyl (C=O) groups is 2. The van der Waals surface area contributed by atoms with Crippen LogP contribution in [0.5, 0.6) is 0 Å². The SMILES string of the molecule is O=C(CNC(=O)c1cccc(C(F)(F)F)c1)NC1CCN(C2CCC(O)(c3ccc(N4CCOCC4)cc3)CC2)C1. The second-order valence-electron chi connectivity index (χ2n) is 11.2. The van der Waals surface area contributed by atoms with Gasteiger partial charge in [0.05, 0.1) is 30.9 Å². The quantitative estimate of drug-likeness (QED) is 0.470. The lowest BCUT2D eigenvalue weighted by Crippen LogP contribution is -2.45. The van der Waals surface area contributed by atoms with Crippen LogP contribution in [0.15, 0.2) is 48.5 Å². The van der Waals surface area contributed by atoms with Crippen molar-refractivity contribution < 1.29 is 32.6 Å². The summed E-state index contributed by atoms with van der Waals surface area (Å²) in [5.41, 5.74) is 0.195. The molecule has 2 heterocycles. The number of hydrogen-bond donors (Lipinski definition) is 3. The molecule has 2 aliphatic heterocycles. The highest BCUT2D eigenvalue weighted by molar-refractivity contribution is 5.96. The van der Waals surface area contributed by atoms with Crippen molar-refractivity contribution in [3.05, 3.63) is 65.2 Å². The molecule has 0 bridgehead atoms. The molecule has 2 saturated heterocycles. The number of nitrogens with one attached hydrogen (secondary N) is 2. The predicted molar refractivity (Wildman–Crippen MR) is 148 cm³/mol. The second kappa shape index (κ2) is 12.4. The number of benzene rings is 2. The zero-order chi connectivity index (χ0) is 29.0. The number of likely N-dealkylation sites (tertiary alicyclic amines) is 1. The zero-order valence-electron chi connectivity index (χ0n) is 23.0. The standard InChI is InChI=1S/C30H37F3N4O4/c31-30(32,33)23-3-1-2-21(18-23)28(39)34-19-27(38)35-24-10-13-37(20-24)26-8-11-29(40,12-9-26)22-4-6-25(7-5-22)36-14-16-41-17-15-36/h1-7,18,24,26,40H,8-17,19-20H2,(H,34,39)(H,35,38). The molecular weight excluding hydrogens is 537 g/mol. The second-order valence-corrected chi connectivity index (χ2v) is 11.2. The summed E-state index contributed by atoms with van der Waals surface area (Å²) in [6.07, 6.45) is -0.719. The number of anilines is 1. The van der Waals surface area contributed by atoms with Crippen molar-refractivity contribution in [2.75, 3.05) is 50.8 Å². The van der Waals surface area contributed by atoms with E-state index in [0.29, 0.717) is 25.4 Å². The van der Waals surface area contributed by atoms with E-state index in [9.17, 15) is 27.9 Å². The Morgan fingerprint density at radius 1 is 1.00 bits per heavy atom. The summed E-state index contributed by atoms with van der Waals surface area (Å²) in [5, 5.41) is 16.7. The van der Waals surface area contributed by atoms with Gasteiger partial charge in [-0.2, -0.15) is 13.2 Å². The third kappa shape index (κ3) is 7.20. The van der Waals surface area contributed by atoms with Crippen molar-refractivity contribution in [2.45, 2.75) is 56.0 Å². The summed E-state index contributed by atoms with van der Waals surface area (Å²) in [7, 11) is 0. The van der Waals surface area contributed by atoms with Gasteiger partial charge in [-0.1, -0.05) is 18.2 Å². The van der Waals surface area contributed by atoms with E-state index in [2.05, 4.69) is 32.6 Å². The van der Waals surface area contributed by atoms with Crippen molar-refractivity contribution in [3.63, 3.8) is 0 Å². The van der Waals surface area contributed by atoms with Crippen LogP contribution in [0.25, 0.3) is 0 Å². The fourth-order valence-electron chi connectivity index (χ4n) is 6.15. The minimum absolute atomic E-state index is 0.0681. The minimum atomic E-state index is -4.55. The molecule has 3 N–H and O–H groups in total. The van der Waals surface area contributed by atoms with Gasteiger partial charge >= 0.3 is 6.18 Å². The molecule has 0 radical (unpaired) electrons. The van der Waals surface area contributed by atoms with Crippen molar-refractivity contribution in [2.24, 2.45) is 0 Å². The van der Waals surface area contributed by atoms with Gasteiger partial charge < -0.3 is 25.4 Å². The van der Waals surface area contributed by atoms with Crippen LogP contribution in [0.1, 0.15) is 53.6 Å². The van der Waals surface area contributed by atoms with Crippen LogP contribution in [0, 0.1) is 0 Å². The molecule has 8 nitrogen and oxygen atoms in total. The molecule has 1 unspecified atom stereocenters. The molecule has 0 spiro atoms. The molecule has 1 saturated carbocycles. The first-order valence-corrected chi connectivity index (χ1v) is 14.3. The molecule has 3 aliphatic rings. The summed E-state index contributed by atoms with van der Waals surface area (Å²) >= 11 is 0. The molecule has 1 atom stereocenters. The third-order valence-electron chi connectivity index (χ3n) is 8.53. The highest BCUT2D eigenvalue weighted by atomic mass is 19.4. The Morgan fingerprint density at radius 2 is 1.71 bits per heavy atom. The van der Waals surface area contributed by atoms with Gasteiger partial charge in [0.1, 0.15) is 0 Å². The van der Waals surface area contributed by atoms with E-state index in [1.165, 1.54) is 12.1 Å². The molecule has 5 rings (SSSR count). The average molecular weight is 575 g/mol. The maximum atomic E-state index is 12.9. The van der Waals surface area contributed by atoms with Gasteiger partial charge in [0, 0.05) is 49.5 Å². The lowest BCUT2D eigenvalue weighted by atomic mass is 9.77. The third-order valence-corrected chi connectivity index (χ3v) is 8.53. The van der Waals surface area contributed by atoms with Gasteiger partial charge in [-0.05, 0) is 68.0 Å². The maximum Gasteiger partial charge on any atom is 0.416 e. The smallest absolute Gasteiger partial charge is 0.385 e. The number of nitrogens with zero attached hydrogens (tertiary/aromatic N) is 2. The summed E-state index contributed by atoms with van der Waals surface area (Å²) in [6, 6.07) is 12.6. The van der Waals surface area contributed by atoms with E-state index in [1.54, 1.807) is 0 Å². The molecule has 2 amide bonds. The number of rotatable bonds is 7. The first kappa shape index (κ1) is 29.3. The van der Waals surface area contributed by atoms with Crippen LogP contribution in [0.3, 0.4) is 0 Å². The molecule has 222 valence electrons. The van der Waals surface area contributed by atoms with Crippen molar-refractivity contribution in [3.8, 4) is 0 Å². The first-order chi connectivity index (χ1) is 19.6. The van der Waals surface area contributed by atoms with Crippen molar-refractivity contribution in [1.29, 1.82) is 0 Å². The van der Waals surface area contributed by atoms with Crippen LogP contribution in [0.4, 0.5) is 18.9 Å². The van der Waals surface area contributed by atoms with Crippen molar-refractivity contribution >= 4 is 17.5 Å². The molecule has 11 heteroatoms. The fourth-order valence-corrected chi connectivity index (χ4v) is 6.15. The van der Waals surface area contributed by atoms with Crippen LogP contribution in [-0.4, -0.2) is 79.8 Å². The summed E-state index contributed by atoms with van der Waals surface area (Å²) in [6.45, 7) is 4.41. The fraction of sp³-hybridized carbons (Fsp3) is 0.533. The summed E-state index contributed by atoms with van der Waals surface area (Å²) in [5.74, 6) is -1.11. The molecule has 41 heavy (non-hydrogen) atoms. The van der Waals surface area contributed by atoms with Crippen LogP contribution < -0.4 is 15.5 Å². The Balaban J connectivity index is 1.05. The van der Waals surface area contributed by atoms with Gasteiger partial charge in [-0.25, -0.2) is 0 Å². The molecule has 1 aliphatic carbocycles. The summed E-state index contributed by atoms with van der Waals surface area (Å²) < 4.78 is 44.2. The van der Waals surface area contributed by atoms with Gasteiger partial charge in [0.15, 0.2) is 0 Å². The zero-order valence-corrected chi connectivity index (χ0v) is 23.0. The van der Waals surface area contributed by atoms with Crippen LogP contribution in [0.2, 0.25) is 0 Å². The lowest BCUT2D eigenvalue weighted by Gasteiger charge is -2.40. The molecule has 3 fully saturated rings. The number of morpholine rings is 1. The number of halogens is 3. The molecule has 2 aromatic carbocycles. The Bertz CT molecular complexity index is 1210. The minimum Gasteiger partial charge on any atom is -0.385 e. The molecule has 2 aromatic rings. The highest BCUT2D eigenvalue weighted by Crippen LogP contribution is 2.40. The Hall–Kier alpha value is -3.15. The number of carbonyl (C=O) groups excluding carboxylic acids is 2. The van der Waals surface area contributed by atoms with E-state index < -0.39 is 23.2 Å².